The highest BCUT2D eigenvalue weighted by atomic mass is 15.0. The fraction of sp³-hybridized carbons (Fsp3) is 0.0172. The van der Waals surface area contributed by atoms with E-state index in [0.29, 0.717) is 17.5 Å². The number of aromatic nitrogens is 4. The molecule has 1 spiro atoms. The van der Waals surface area contributed by atoms with Crippen LogP contribution >= 0.6 is 0 Å². The Morgan fingerprint density at radius 2 is 0.742 bits per heavy atom. The maximum Gasteiger partial charge on any atom is 0.164 e. The largest absolute Gasteiger partial charge is 0.309 e. The summed E-state index contributed by atoms with van der Waals surface area (Å²) in [5.74, 6) is 1.91. The van der Waals surface area contributed by atoms with Gasteiger partial charge in [0.1, 0.15) is 0 Å². The molecule has 0 aliphatic heterocycles. The Morgan fingerprint density at radius 1 is 0.306 bits per heavy atom. The average Bonchev–Trinajstić information content (AvgIpc) is 3.96. The van der Waals surface area contributed by atoms with Crippen molar-refractivity contribution in [3.05, 3.63) is 241 Å². The molecule has 0 N–H and O–H groups in total. The number of hydrogen-bond donors (Lipinski definition) is 0. The van der Waals surface area contributed by atoms with Gasteiger partial charge in [-0.15, -0.1) is 0 Å². The van der Waals surface area contributed by atoms with Crippen molar-refractivity contribution in [2.24, 2.45) is 0 Å². The molecule has 0 atom stereocenters. The van der Waals surface area contributed by atoms with Crippen LogP contribution in [0, 0.1) is 0 Å². The fourth-order valence-corrected chi connectivity index (χ4v) is 10.5. The van der Waals surface area contributed by atoms with Crippen molar-refractivity contribution in [3.63, 3.8) is 0 Å². The molecule has 0 amide bonds. The van der Waals surface area contributed by atoms with Gasteiger partial charge >= 0.3 is 0 Å². The summed E-state index contributed by atoms with van der Waals surface area (Å²) in [5, 5.41) is 2.47. The van der Waals surface area contributed by atoms with Gasteiger partial charge in [-0.2, -0.15) is 0 Å². The second kappa shape index (κ2) is 13.4. The Bertz CT molecular complexity index is 3510. The minimum absolute atomic E-state index is 0.423. The van der Waals surface area contributed by atoms with Crippen LogP contribution in [-0.4, -0.2) is 19.5 Å². The maximum atomic E-state index is 5.11. The lowest BCUT2D eigenvalue weighted by Crippen LogP contribution is -2.25. The number of nitrogens with zero attached hydrogens (tertiary/aromatic N) is 4. The highest BCUT2D eigenvalue weighted by Crippen LogP contribution is 2.64. The van der Waals surface area contributed by atoms with Gasteiger partial charge < -0.3 is 4.57 Å². The van der Waals surface area contributed by atoms with Crippen LogP contribution in [-0.2, 0) is 5.41 Å². The molecule has 62 heavy (non-hydrogen) atoms. The molecule has 2 aromatic heterocycles. The van der Waals surface area contributed by atoms with E-state index in [1.807, 2.05) is 24.3 Å². The van der Waals surface area contributed by atoms with Crippen molar-refractivity contribution < 1.29 is 0 Å². The van der Waals surface area contributed by atoms with E-state index in [9.17, 15) is 0 Å². The lowest BCUT2D eigenvalue weighted by molar-refractivity contribution is 0.794. The standard InChI is InChI=1S/C58H36N4/c1-3-15-37(16-4-1)38-27-29-40(30-28-38)56-59-55(39-17-5-2-6-18-39)60-57(61-56)41-31-33-42(34-32-41)62-52-26-14-10-21-45(52)46-35-36-51-53(54(46)62)47-22-9-13-25-50(47)58(51)48-23-11-7-19-43(48)44-20-8-12-24-49(44)58/h1-36H. The third-order valence-corrected chi connectivity index (χ3v) is 13.1. The Balaban J connectivity index is 0.994. The van der Waals surface area contributed by atoms with E-state index in [-0.39, 0.29) is 0 Å². The molecule has 0 fully saturated rings. The van der Waals surface area contributed by atoms with Crippen LogP contribution < -0.4 is 0 Å². The van der Waals surface area contributed by atoms with Crippen LogP contribution in [0.3, 0.4) is 0 Å². The number of rotatable bonds is 5. The first kappa shape index (κ1) is 34.6. The van der Waals surface area contributed by atoms with Gasteiger partial charge in [0.15, 0.2) is 17.5 Å². The SMILES string of the molecule is c1ccc(-c2ccc(-c3nc(-c4ccccc4)nc(-c4ccc(-n5c6ccccc6c6ccc7c(c65)-c5ccccc5C75c6ccccc6-c6ccccc65)cc4)n3)cc2)cc1. The zero-order valence-corrected chi connectivity index (χ0v) is 33.6. The van der Waals surface area contributed by atoms with Crippen molar-refractivity contribution in [2.75, 3.05) is 0 Å². The molecule has 4 nitrogen and oxygen atoms in total. The van der Waals surface area contributed by atoms with Crippen molar-refractivity contribution in [2.45, 2.75) is 5.41 Å². The molecule has 0 unspecified atom stereocenters. The summed E-state index contributed by atoms with van der Waals surface area (Å²) in [6.45, 7) is 0. The molecular formula is C58H36N4. The molecule has 0 radical (unpaired) electrons. The first-order valence-corrected chi connectivity index (χ1v) is 21.2. The van der Waals surface area contributed by atoms with Crippen LogP contribution in [0.4, 0.5) is 0 Å². The van der Waals surface area contributed by atoms with E-state index in [4.69, 9.17) is 15.0 Å². The molecule has 0 bridgehead atoms. The zero-order valence-electron chi connectivity index (χ0n) is 33.6. The Morgan fingerprint density at radius 3 is 1.35 bits per heavy atom. The quantitative estimate of drug-likeness (QED) is 0.174. The van der Waals surface area contributed by atoms with Crippen molar-refractivity contribution in [1.82, 2.24) is 19.5 Å². The minimum Gasteiger partial charge on any atom is -0.309 e. The van der Waals surface area contributed by atoms with Gasteiger partial charge in [0, 0.05) is 38.7 Å². The molecule has 2 aliphatic rings. The number of para-hydroxylation sites is 1. The van der Waals surface area contributed by atoms with Crippen molar-refractivity contribution in [1.29, 1.82) is 0 Å². The molecule has 288 valence electrons. The maximum absolute atomic E-state index is 5.11. The molecule has 9 aromatic carbocycles. The summed E-state index contributed by atoms with van der Waals surface area (Å²) in [7, 11) is 0. The highest BCUT2D eigenvalue weighted by molar-refractivity contribution is 6.16. The van der Waals surface area contributed by atoms with Crippen LogP contribution in [0.5, 0.6) is 0 Å². The second-order valence-corrected chi connectivity index (χ2v) is 16.3. The minimum atomic E-state index is -0.423. The topological polar surface area (TPSA) is 43.6 Å². The summed E-state index contributed by atoms with van der Waals surface area (Å²) in [6, 6.07) is 78.5. The summed E-state index contributed by atoms with van der Waals surface area (Å²) >= 11 is 0. The van der Waals surface area contributed by atoms with Gasteiger partial charge in [-0.25, -0.2) is 15.0 Å². The summed E-state index contributed by atoms with van der Waals surface area (Å²) < 4.78 is 2.47. The predicted octanol–water partition coefficient (Wildman–Crippen LogP) is 14.0. The van der Waals surface area contributed by atoms with Gasteiger partial charge in [-0.05, 0) is 80.4 Å². The van der Waals surface area contributed by atoms with Gasteiger partial charge in [-0.3, -0.25) is 0 Å². The van der Waals surface area contributed by atoms with Gasteiger partial charge in [0.2, 0.25) is 0 Å². The van der Waals surface area contributed by atoms with E-state index >= 15 is 0 Å². The van der Waals surface area contributed by atoms with E-state index in [1.54, 1.807) is 0 Å². The van der Waals surface area contributed by atoms with E-state index in [1.165, 1.54) is 71.9 Å². The first-order chi connectivity index (χ1) is 30.8. The Kier molecular flexibility index (Phi) is 7.49. The summed E-state index contributed by atoms with van der Waals surface area (Å²) in [6.07, 6.45) is 0. The lowest BCUT2D eigenvalue weighted by atomic mass is 9.70. The molecule has 13 rings (SSSR count). The number of hydrogen-bond acceptors (Lipinski definition) is 3. The van der Waals surface area contributed by atoms with Gasteiger partial charge in [0.25, 0.3) is 0 Å². The van der Waals surface area contributed by atoms with E-state index < -0.39 is 5.41 Å². The normalized spacial score (nSPS) is 13.0. The fourth-order valence-electron chi connectivity index (χ4n) is 10.5. The van der Waals surface area contributed by atoms with Crippen LogP contribution in [0.1, 0.15) is 22.3 Å². The molecule has 2 heterocycles. The molecule has 0 saturated carbocycles. The summed E-state index contributed by atoms with van der Waals surface area (Å²) in [5.41, 5.74) is 18.7. The second-order valence-electron chi connectivity index (χ2n) is 16.3. The molecule has 0 saturated heterocycles. The van der Waals surface area contributed by atoms with Crippen LogP contribution in [0.2, 0.25) is 0 Å². The Hall–Kier alpha value is -8.21. The lowest BCUT2D eigenvalue weighted by Gasteiger charge is -2.30. The number of benzene rings is 9. The molecule has 4 heteroatoms. The third-order valence-electron chi connectivity index (χ3n) is 13.1. The number of fused-ring (bicyclic) bond motifs is 14. The molecular weight excluding hydrogens is 753 g/mol. The van der Waals surface area contributed by atoms with E-state index in [2.05, 4.69) is 199 Å². The van der Waals surface area contributed by atoms with Gasteiger partial charge in [0.05, 0.1) is 16.4 Å². The average molecular weight is 789 g/mol. The molecule has 2 aliphatic carbocycles. The monoisotopic (exact) mass is 788 g/mol. The molecule has 11 aromatic rings. The Labute approximate surface area is 359 Å². The first-order valence-electron chi connectivity index (χ1n) is 21.2. The zero-order chi connectivity index (χ0) is 40.8. The van der Waals surface area contributed by atoms with Crippen molar-refractivity contribution in [3.8, 4) is 73.2 Å². The highest BCUT2D eigenvalue weighted by Gasteiger charge is 2.52. The predicted molar refractivity (Wildman–Crippen MR) is 252 cm³/mol. The third kappa shape index (κ3) is 4.92. The van der Waals surface area contributed by atoms with Gasteiger partial charge in [-0.1, -0.05) is 188 Å². The van der Waals surface area contributed by atoms with Crippen LogP contribution in [0.15, 0.2) is 218 Å². The smallest absolute Gasteiger partial charge is 0.164 e. The van der Waals surface area contributed by atoms with E-state index in [0.717, 1.165) is 27.9 Å². The van der Waals surface area contributed by atoms with Crippen molar-refractivity contribution >= 4 is 21.8 Å². The summed E-state index contributed by atoms with van der Waals surface area (Å²) in [4.78, 5) is 15.2. The van der Waals surface area contributed by atoms with Crippen LogP contribution in [0.25, 0.3) is 95.0 Å².